The van der Waals surface area contributed by atoms with E-state index in [1.54, 1.807) is 0 Å². The number of fused-ring (bicyclic) bond motifs is 6. The third-order valence-corrected chi connectivity index (χ3v) is 11.3. The number of rotatable bonds is 16. The lowest BCUT2D eigenvalue weighted by atomic mass is 9.79. The van der Waals surface area contributed by atoms with Gasteiger partial charge in [0.1, 0.15) is 7.05 Å². The lowest BCUT2D eigenvalue weighted by Crippen LogP contribution is -2.27. The Morgan fingerprint density at radius 3 is 2.11 bits per heavy atom. The lowest BCUT2D eigenvalue weighted by molar-refractivity contribution is -0.401. The van der Waals surface area contributed by atoms with Gasteiger partial charge >= 0.3 is 0 Å². The van der Waals surface area contributed by atoms with Gasteiger partial charge in [-0.05, 0) is 91.4 Å². The first-order chi connectivity index (χ1) is 25.7. The Bertz CT molecular complexity index is 2090. The Hall–Kier alpha value is -4.74. The SMILES string of the molecule is C[N+]1=C(/C=C/C=C/C=C/C=C2/N(CCCCCC(=O)NCCCCCCN)c3ccc4ccccc4c3C2(C)C)C(C)(C)c2c1ccc1ccccc21. The zero-order valence-corrected chi connectivity index (χ0v) is 32.6. The molecule has 0 bridgehead atoms. The third kappa shape index (κ3) is 8.11. The van der Waals surface area contributed by atoms with E-state index in [0.717, 1.165) is 64.6 Å². The molecule has 4 aromatic carbocycles. The highest BCUT2D eigenvalue weighted by atomic mass is 16.1. The molecule has 0 aromatic heterocycles. The van der Waals surface area contributed by atoms with Gasteiger partial charge in [-0.15, -0.1) is 0 Å². The van der Waals surface area contributed by atoms with Crippen LogP contribution in [0.1, 0.15) is 90.2 Å². The molecule has 5 nitrogen and oxygen atoms in total. The summed E-state index contributed by atoms with van der Waals surface area (Å²) in [6.45, 7) is 11.8. The number of allylic oxidation sites excluding steroid dienone is 8. The second-order valence-electron chi connectivity index (χ2n) is 15.8. The second-order valence-corrected chi connectivity index (χ2v) is 15.8. The van der Waals surface area contributed by atoms with Crippen LogP contribution in [0.4, 0.5) is 11.4 Å². The summed E-state index contributed by atoms with van der Waals surface area (Å²) < 4.78 is 2.34. The molecule has 6 rings (SSSR count). The van der Waals surface area contributed by atoms with Gasteiger partial charge in [0.05, 0.1) is 5.41 Å². The van der Waals surface area contributed by atoms with Crippen LogP contribution in [-0.2, 0) is 15.6 Å². The van der Waals surface area contributed by atoms with Crippen molar-refractivity contribution in [3.05, 3.63) is 132 Å². The van der Waals surface area contributed by atoms with Crippen molar-refractivity contribution in [3.8, 4) is 0 Å². The van der Waals surface area contributed by atoms with E-state index in [0.29, 0.717) is 6.42 Å². The molecule has 4 aromatic rings. The van der Waals surface area contributed by atoms with Crippen molar-refractivity contribution in [3.63, 3.8) is 0 Å². The maximum atomic E-state index is 12.4. The smallest absolute Gasteiger partial charge is 0.219 e. The monoisotopic (exact) mass is 707 g/mol. The number of hydrogen-bond donors (Lipinski definition) is 2. The van der Waals surface area contributed by atoms with Gasteiger partial charge in [-0.2, -0.15) is 4.58 Å². The highest BCUT2D eigenvalue weighted by Gasteiger charge is 2.44. The number of anilines is 1. The van der Waals surface area contributed by atoms with Gasteiger partial charge in [-0.3, -0.25) is 4.79 Å². The Kier molecular flexibility index (Phi) is 12.1. The fraction of sp³-hybridized carbons (Fsp3) is 0.375. The molecule has 1 amide bonds. The normalized spacial score (nSPS) is 17.0. The molecule has 0 radical (unpaired) electrons. The van der Waals surface area contributed by atoms with Crippen LogP contribution in [0.2, 0.25) is 0 Å². The highest BCUT2D eigenvalue weighted by molar-refractivity contribution is 6.07. The van der Waals surface area contributed by atoms with E-state index in [-0.39, 0.29) is 16.7 Å². The van der Waals surface area contributed by atoms with E-state index in [9.17, 15) is 4.79 Å². The number of unbranched alkanes of at least 4 members (excludes halogenated alkanes) is 5. The molecule has 3 N–H and O–H groups in total. The van der Waals surface area contributed by atoms with Gasteiger partial charge in [0.25, 0.3) is 0 Å². The highest BCUT2D eigenvalue weighted by Crippen LogP contribution is 2.51. The third-order valence-electron chi connectivity index (χ3n) is 11.3. The van der Waals surface area contributed by atoms with E-state index in [1.165, 1.54) is 55.5 Å². The van der Waals surface area contributed by atoms with E-state index in [1.807, 2.05) is 0 Å². The number of carbonyl (C=O) groups excluding carboxylic acids is 1. The first-order valence-corrected chi connectivity index (χ1v) is 19.8. The first kappa shape index (κ1) is 38.0. The van der Waals surface area contributed by atoms with Gasteiger partial charge in [-0.25, -0.2) is 0 Å². The number of nitrogens with one attached hydrogen (secondary N) is 1. The van der Waals surface area contributed by atoms with Crippen LogP contribution >= 0.6 is 0 Å². The molecule has 0 spiro atoms. The van der Waals surface area contributed by atoms with Gasteiger partial charge in [0.2, 0.25) is 11.6 Å². The molecular formula is C48H59N4O+. The summed E-state index contributed by atoms with van der Waals surface area (Å²) in [7, 11) is 2.18. The van der Waals surface area contributed by atoms with Gasteiger partial charge < -0.3 is 16.0 Å². The van der Waals surface area contributed by atoms with E-state index in [4.69, 9.17) is 5.73 Å². The van der Waals surface area contributed by atoms with Crippen molar-refractivity contribution in [2.75, 3.05) is 31.6 Å². The molecular weight excluding hydrogens is 649 g/mol. The quantitative estimate of drug-likeness (QED) is 0.0692. The molecule has 2 aliphatic rings. The summed E-state index contributed by atoms with van der Waals surface area (Å²) in [5, 5.41) is 8.32. The maximum Gasteiger partial charge on any atom is 0.219 e. The van der Waals surface area contributed by atoms with Crippen molar-refractivity contribution in [2.24, 2.45) is 5.73 Å². The molecule has 2 aliphatic heterocycles. The fourth-order valence-electron chi connectivity index (χ4n) is 8.63. The molecule has 0 unspecified atom stereocenters. The molecule has 2 heterocycles. The summed E-state index contributed by atoms with van der Waals surface area (Å²) >= 11 is 0. The van der Waals surface area contributed by atoms with Crippen molar-refractivity contribution in [1.82, 2.24) is 5.32 Å². The zero-order valence-electron chi connectivity index (χ0n) is 32.6. The summed E-state index contributed by atoms with van der Waals surface area (Å²) in [6.07, 6.45) is 23.2. The fourth-order valence-corrected chi connectivity index (χ4v) is 8.63. The van der Waals surface area contributed by atoms with Crippen LogP contribution in [0.15, 0.2) is 121 Å². The summed E-state index contributed by atoms with van der Waals surface area (Å²) in [4.78, 5) is 14.9. The summed E-state index contributed by atoms with van der Waals surface area (Å²) in [5.41, 5.74) is 13.3. The predicted molar refractivity (Wildman–Crippen MR) is 227 cm³/mol. The van der Waals surface area contributed by atoms with E-state index < -0.39 is 0 Å². The van der Waals surface area contributed by atoms with Crippen LogP contribution in [0, 0.1) is 0 Å². The average Bonchev–Trinajstić information content (AvgIpc) is 3.49. The van der Waals surface area contributed by atoms with Crippen LogP contribution in [0.5, 0.6) is 0 Å². The van der Waals surface area contributed by atoms with Crippen LogP contribution < -0.4 is 16.0 Å². The van der Waals surface area contributed by atoms with E-state index in [2.05, 4.69) is 165 Å². The maximum absolute atomic E-state index is 12.4. The first-order valence-electron chi connectivity index (χ1n) is 19.8. The summed E-state index contributed by atoms with van der Waals surface area (Å²) in [6, 6.07) is 26.5. The largest absolute Gasteiger partial charge is 0.356 e. The number of carbonyl (C=O) groups is 1. The lowest BCUT2D eigenvalue weighted by Gasteiger charge is -2.27. The molecule has 276 valence electrons. The Morgan fingerprint density at radius 1 is 0.717 bits per heavy atom. The van der Waals surface area contributed by atoms with Gasteiger partial charge in [0.15, 0.2) is 5.71 Å². The molecule has 53 heavy (non-hydrogen) atoms. The minimum atomic E-state index is -0.150. The predicted octanol–water partition coefficient (Wildman–Crippen LogP) is 10.5. The Balaban J connectivity index is 1.11. The van der Waals surface area contributed by atoms with Crippen molar-refractivity contribution in [1.29, 1.82) is 0 Å². The molecule has 0 saturated heterocycles. The minimum absolute atomic E-state index is 0.0943. The molecule has 5 heteroatoms. The summed E-state index contributed by atoms with van der Waals surface area (Å²) in [5.74, 6) is 0.174. The molecule has 0 saturated carbocycles. The Morgan fingerprint density at radius 2 is 1.36 bits per heavy atom. The Labute approximate surface area is 317 Å². The van der Waals surface area contributed by atoms with Crippen molar-refractivity contribution < 1.29 is 9.37 Å². The van der Waals surface area contributed by atoms with Crippen molar-refractivity contribution in [2.45, 2.75) is 89.9 Å². The number of benzene rings is 4. The number of nitrogens with two attached hydrogens (primary N) is 1. The van der Waals surface area contributed by atoms with E-state index >= 15 is 0 Å². The average molecular weight is 708 g/mol. The topological polar surface area (TPSA) is 61.4 Å². The second kappa shape index (κ2) is 16.9. The van der Waals surface area contributed by atoms with Crippen molar-refractivity contribution >= 4 is 44.5 Å². The van der Waals surface area contributed by atoms with Crippen LogP contribution in [-0.4, -0.2) is 42.9 Å². The number of hydrogen-bond acceptors (Lipinski definition) is 3. The van der Waals surface area contributed by atoms with Gasteiger partial charge in [-0.1, -0.05) is 118 Å². The molecule has 0 fully saturated rings. The zero-order chi connectivity index (χ0) is 37.4. The number of amides is 1. The van der Waals surface area contributed by atoms with Gasteiger partial charge in [0, 0.05) is 54.0 Å². The molecule has 0 aliphatic carbocycles. The molecule has 0 atom stereocenters. The number of nitrogens with zero attached hydrogens (tertiary/aromatic N) is 2. The van der Waals surface area contributed by atoms with Crippen LogP contribution in [0.3, 0.4) is 0 Å². The standard InChI is InChI=1S/C48H58N4O/c1-47(2)42(51(5)40-31-29-36-22-15-17-24-38(36)45(40)47)26-12-7-6-8-13-27-43-48(3,4)46-39-25-18-16-23-37(39)30-32-41(46)52(43)35-21-11-14-28-44(53)50-34-20-10-9-19-33-49/h6-8,12-13,15-18,22-27,29-32H,9-11,14,19-21,28,33-35,49H2,1-5H3/p+1. The van der Waals surface area contributed by atoms with Crippen LogP contribution in [0.25, 0.3) is 21.5 Å². The minimum Gasteiger partial charge on any atom is -0.356 e.